The second-order valence-electron chi connectivity index (χ2n) is 8.17. The molecule has 1 saturated heterocycles. The first-order chi connectivity index (χ1) is 15.0. The van der Waals surface area contributed by atoms with Gasteiger partial charge in [-0.3, -0.25) is 9.59 Å². The lowest BCUT2D eigenvalue weighted by atomic mass is 10.2. The molecule has 1 aliphatic heterocycles. The average Bonchev–Trinajstić information content (AvgIpc) is 3.63. The Morgan fingerprint density at radius 1 is 1.03 bits per heavy atom. The van der Waals surface area contributed by atoms with Gasteiger partial charge in [0.2, 0.25) is 11.8 Å². The summed E-state index contributed by atoms with van der Waals surface area (Å²) in [4.78, 5) is 29.2. The van der Waals surface area contributed by atoms with Gasteiger partial charge in [-0.2, -0.15) is 0 Å². The molecule has 0 radical (unpaired) electrons. The molecule has 2 aliphatic rings. The van der Waals surface area contributed by atoms with Gasteiger partial charge >= 0.3 is 0 Å². The van der Waals surface area contributed by atoms with Crippen molar-refractivity contribution >= 4 is 23.4 Å². The van der Waals surface area contributed by atoms with E-state index in [4.69, 9.17) is 21.1 Å². The fourth-order valence-corrected chi connectivity index (χ4v) is 3.87. The zero-order valence-electron chi connectivity index (χ0n) is 17.6. The molecular weight excluding hydrogens is 416 g/mol. The average molecular weight is 443 g/mol. The normalized spacial score (nSPS) is 19.3. The summed E-state index contributed by atoms with van der Waals surface area (Å²) < 4.78 is 11.4. The first kappa shape index (κ1) is 21.7. The number of rotatable bonds is 7. The van der Waals surface area contributed by atoms with E-state index in [2.05, 4.69) is 0 Å². The smallest absolute Gasteiger partial charge is 0.242 e. The van der Waals surface area contributed by atoms with Crippen LogP contribution in [0.2, 0.25) is 5.02 Å². The van der Waals surface area contributed by atoms with Crippen molar-refractivity contribution in [2.45, 2.75) is 32.1 Å². The maximum absolute atomic E-state index is 13.0. The lowest BCUT2D eigenvalue weighted by molar-refractivity contribution is -0.139. The van der Waals surface area contributed by atoms with Gasteiger partial charge in [-0.1, -0.05) is 35.9 Å². The molecule has 1 unspecified atom stereocenters. The standard InChI is InChI=1S/C24H27ClN2O4/c1-30-21-10-4-17(5-11-21)12-26-13-22(31-16-18-2-8-20(25)9-3-18)14-27(15-23(26)28)24(29)19-6-7-19/h2-5,8-11,19,22H,6-7,12-16H2,1H3. The van der Waals surface area contributed by atoms with Crippen LogP contribution in [-0.4, -0.2) is 54.5 Å². The van der Waals surface area contributed by atoms with Crippen molar-refractivity contribution in [1.29, 1.82) is 0 Å². The quantitative estimate of drug-likeness (QED) is 0.658. The minimum absolute atomic E-state index is 0.0533. The van der Waals surface area contributed by atoms with E-state index >= 15 is 0 Å². The number of carbonyl (C=O) groups is 2. The summed E-state index contributed by atoms with van der Waals surface area (Å²) >= 11 is 5.97. The third-order valence-corrected chi connectivity index (χ3v) is 5.95. The van der Waals surface area contributed by atoms with E-state index in [1.54, 1.807) is 16.9 Å². The highest BCUT2D eigenvalue weighted by Crippen LogP contribution is 2.31. The van der Waals surface area contributed by atoms with Gasteiger partial charge in [0.25, 0.3) is 0 Å². The van der Waals surface area contributed by atoms with Crippen molar-refractivity contribution in [1.82, 2.24) is 9.80 Å². The Bertz CT molecular complexity index is 912. The minimum atomic E-state index is -0.261. The van der Waals surface area contributed by atoms with Gasteiger partial charge in [-0.15, -0.1) is 0 Å². The zero-order chi connectivity index (χ0) is 21.8. The van der Waals surface area contributed by atoms with Crippen molar-refractivity contribution in [3.05, 3.63) is 64.7 Å². The Morgan fingerprint density at radius 2 is 1.71 bits per heavy atom. The van der Waals surface area contributed by atoms with Crippen molar-refractivity contribution in [2.75, 3.05) is 26.7 Å². The number of hydrogen-bond donors (Lipinski definition) is 0. The van der Waals surface area contributed by atoms with Crippen LogP contribution in [-0.2, 0) is 27.5 Å². The number of benzene rings is 2. The molecule has 1 saturated carbocycles. The van der Waals surface area contributed by atoms with Gasteiger partial charge in [-0.25, -0.2) is 0 Å². The molecule has 1 atom stereocenters. The Labute approximate surface area is 187 Å². The molecule has 2 aromatic rings. The minimum Gasteiger partial charge on any atom is -0.497 e. The number of ether oxygens (including phenoxy) is 2. The molecule has 0 spiro atoms. The van der Waals surface area contributed by atoms with Crippen LogP contribution in [0.5, 0.6) is 5.75 Å². The fraction of sp³-hybridized carbons (Fsp3) is 0.417. The molecule has 1 aliphatic carbocycles. The molecule has 164 valence electrons. The van der Waals surface area contributed by atoms with Gasteiger partial charge < -0.3 is 19.3 Å². The number of nitrogens with zero attached hydrogens (tertiary/aromatic N) is 2. The third-order valence-electron chi connectivity index (χ3n) is 5.70. The molecule has 7 heteroatoms. The predicted octanol–water partition coefficient (Wildman–Crippen LogP) is 3.51. The molecule has 0 bridgehead atoms. The lowest BCUT2D eigenvalue weighted by Crippen LogP contribution is -2.40. The first-order valence-corrected chi connectivity index (χ1v) is 10.9. The molecule has 0 aromatic heterocycles. The van der Waals surface area contributed by atoms with Crippen LogP contribution < -0.4 is 4.74 Å². The Kier molecular flexibility index (Phi) is 6.78. The first-order valence-electron chi connectivity index (χ1n) is 10.6. The summed E-state index contributed by atoms with van der Waals surface area (Å²) in [5.74, 6) is 0.858. The van der Waals surface area contributed by atoms with Gasteiger partial charge in [-0.05, 0) is 48.2 Å². The molecular formula is C24H27ClN2O4. The molecule has 1 heterocycles. The maximum Gasteiger partial charge on any atom is 0.242 e. The van der Waals surface area contributed by atoms with Crippen LogP contribution in [0, 0.1) is 5.92 Å². The van der Waals surface area contributed by atoms with Crippen LogP contribution in [0.4, 0.5) is 0 Å². The van der Waals surface area contributed by atoms with Gasteiger partial charge in [0.1, 0.15) is 5.75 Å². The highest BCUT2D eigenvalue weighted by Gasteiger charge is 2.38. The molecule has 6 nitrogen and oxygen atoms in total. The van der Waals surface area contributed by atoms with Crippen LogP contribution in [0.25, 0.3) is 0 Å². The summed E-state index contributed by atoms with van der Waals surface area (Å²) in [6.45, 7) is 1.83. The van der Waals surface area contributed by atoms with Crippen molar-refractivity contribution < 1.29 is 19.1 Å². The van der Waals surface area contributed by atoms with E-state index in [0.29, 0.717) is 31.3 Å². The Morgan fingerprint density at radius 3 is 2.35 bits per heavy atom. The number of carbonyl (C=O) groups excluding carboxylic acids is 2. The molecule has 2 aromatic carbocycles. The second kappa shape index (κ2) is 9.71. The number of amides is 2. The largest absolute Gasteiger partial charge is 0.497 e. The highest BCUT2D eigenvalue weighted by atomic mass is 35.5. The van der Waals surface area contributed by atoms with E-state index in [0.717, 1.165) is 29.7 Å². The van der Waals surface area contributed by atoms with E-state index in [1.165, 1.54) is 0 Å². The zero-order valence-corrected chi connectivity index (χ0v) is 18.4. The molecule has 31 heavy (non-hydrogen) atoms. The fourth-order valence-electron chi connectivity index (χ4n) is 3.74. The van der Waals surface area contributed by atoms with Crippen molar-refractivity contribution in [3.63, 3.8) is 0 Å². The monoisotopic (exact) mass is 442 g/mol. The Hall–Kier alpha value is -2.57. The molecule has 4 rings (SSSR count). The van der Waals surface area contributed by atoms with Crippen LogP contribution in [0.3, 0.4) is 0 Å². The van der Waals surface area contributed by atoms with E-state index in [-0.39, 0.29) is 30.4 Å². The van der Waals surface area contributed by atoms with Crippen LogP contribution in [0.1, 0.15) is 24.0 Å². The molecule has 2 amide bonds. The van der Waals surface area contributed by atoms with Gasteiger partial charge in [0.05, 0.1) is 26.4 Å². The lowest BCUT2D eigenvalue weighted by Gasteiger charge is -2.25. The SMILES string of the molecule is COc1ccc(CN2CC(OCc3ccc(Cl)cc3)CN(C(=O)C3CC3)CC2=O)cc1. The van der Waals surface area contributed by atoms with Crippen LogP contribution >= 0.6 is 11.6 Å². The van der Waals surface area contributed by atoms with E-state index in [9.17, 15) is 9.59 Å². The summed E-state index contributed by atoms with van der Waals surface area (Å²) in [7, 11) is 1.63. The number of methoxy groups -OCH3 is 1. The summed E-state index contributed by atoms with van der Waals surface area (Å²) in [5, 5.41) is 0.677. The second-order valence-corrected chi connectivity index (χ2v) is 8.61. The molecule has 2 fully saturated rings. The Balaban J connectivity index is 1.47. The predicted molar refractivity (Wildman–Crippen MR) is 118 cm³/mol. The van der Waals surface area contributed by atoms with E-state index < -0.39 is 0 Å². The summed E-state index contributed by atoms with van der Waals surface area (Å²) in [5.41, 5.74) is 2.01. The van der Waals surface area contributed by atoms with Crippen molar-refractivity contribution in [3.8, 4) is 5.75 Å². The molecule has 0 N–H and O–H groups in total. The number of halogens is 1. The van der Waals surface area contributed by atoms with Gasteiger partial charge in [0, 0.05) is 30.6 Å². The van der Waals surface area contributed by atoms with Crippen molar-refractivity contribution in [2.24, 2.45) is 5.92 Å². The summed E-state index contributed by atoms with van der Waals surface area (Å²) in [6, 6.07) is 15.2. The summed E-state index contributed by atoms with van der Waals surface area (Å²) in [6.07, 6.45) is 1.56. The maximum atomic E-state index is 13.0. The topological polar surface area (TPSA) is 59.1 Å². The van der Waals surface area contributed by atoms with Crippen LogP contribution in [0.15, 0.2) is 48.5 Å². The highest BCUT2D eigenvalue weighted by molar-refractivity contribution is 6.30. The number of hydrogen-bond acceptors (Lipinski definition) is 4. The van der Waals surface area contributed by atoms with Gasteiger partial charge in [0.15, 0.2) is 0 Å². The third kappa shape index (κ3) is 5.77. The van der Waals surface area contributed by atoms with E-state index in [1.807, 2.05) is 48.5 Å².